The molecule has 2 N–H and O–H groups in total. The number of imidazole rings is 2. The quantitative estimate of drug-likeness (QED) is 0.101. The predicted molar refractivity (Wildman–Crippen MR) is 267 cm³/mol. The van der Waals surface area contributed by atoms with E-state index in [0.717, 1.165) is 94.7 Å². The van der Waals surface area contributed by atoms with Gasteiger partial charge in [-0.25, -0.2) is 9.59 Å². The number of nitrogens with one attached hydrogen (secondary N) is 1. The first-order chi connectivity index (χ1) is 34.4. The molecule has 70 heavy (non-hydrogen) atoms. The molecule has 0 saturated heterocycles. The fourth-order valence-electron chi connectivity index (χ4n) is 9.48. The molecule has 0 unspecified atom stereocenters. The maximum Gasteiger partial charge on any atom is 0.328 e. The van der Waals surface area contributed by atoms with Crippen molar-refractivity contribution >= 4 is 39.6 Å². The normalized spacial score (nSPS) is 17.8. The molecule has 1 amide bonds. The fourth-order valence-corrected chi connectivity index (χ4v) is 9.48. The molecule has 3 heterocycles. The van der Waals surface area contributed by atoms with E-state index in [9.17, 15) is 28.7 Å². The number of carbonyl (C=O) groups excluding carboxylic acids is 1. The molecule has 16 heteroatoms. The second kappa shape index (κ2) is 23.8. The molecule has 0 bridgehead atoms. The average molecular weight is 960 g/mol. The number of benzene rings is 4. The topological polar surface area (TPSA) is 170 Å². The third-order valence-corrected chi connectivity index (χ3v) is 13.6. The van der Waals surface area contributed by atoms with Crippen LogP contribution in [-0.2, 0) is 50.0 Å². The second-order valence-electron chi connectivity index (χ2n) is 18.0. The van der Waals surface area contributed by atoms with Crippen LogP contribution in [-0.4, -0.2) is 61.6 Å². The Kier molecular flexibility index (Phi) is 16.7. The minimum Gasteiger partial charge on any atom is -0.497 e. The highest BCUT2D eigenvalue weighted by atomic mass is 19.1. The van der Waals surface area contributed by atoms with Gasteiger partial charge in [0.25, 0.3) is 0 Å². The summed E-state index contributed by atoms with van der Waals surface area (Å²) < 4.78 is 44.9. The number of anilines is 1. The van der Waals surface area contributed by atoms with Gasteiger partial charge in [-0.3, -0.25) is 37.2 Å². The van der Waals surface area contributed by atoms with Crippen molar-refractivity contribution in [1.82, 2.24) is 23.3 Å². The number of hydrogen-bond donors (Lipinski definition) is 2. The Bertz CT molecular complexity index is 2970. The lowest BCUT2D eigenvalue weighted by Gasteiger charge is -2.28. The summed E-state index contributed by atoms with van der Waals surface area (Å²) in [6, 6.07) is 30.6. The van der Waals surface area contributed by atoms with E-state index in [4.69, 9.17) is 20.3 Å². The van der Waals surface area contributed by atoms with Crippen molar-refractivity contribution in [2.45, 2.75) is 77.7 Å². The highest BCUT2D eigenvalue weighted by Crippen LogP contribution is 2.33. The largest absolute Gasteiger partial charge is 0.497 e. The van der Waals surface area contributed by atoms with Gasteiger partial charge < -0.3 is 29.4 Å². The number of nitrogens with zero attached hydrogens (tertiary/aromatic N) is 5. The van der Waals surface area contributed by atoms with E-state index in [1.54, 1.807) is 66.5 Å². The fraction of sp³-hybridized carbons (Fsp3) is 0.389. The maximum atomic E-state index is 13.1. The maximum absolute atomic E-state index is 13.1. The van der Waals surface area contributed by atoms with Crippen molar-refractivity contribution in [3.63, 3.8) is 0 Å². The Hall–Kier alpha value is -7.36. The summed E-state index contributed by atoms with van der Waals surface area (Å²) in [6.07, 6.45) is 9.80. The smallest absolute Gasteiger partial charge is 0.328 e. The van der Waals surface area contributed by atoms with E-state index in [1.807, 2.05) is 89.5 Å². The van der Waals surface area contributed by atoms with Gasteiger partial charge >= 0.3 is 17.3 Å². The highest BCUT2D eigenvalue weighted by molar-refractivity contribution is 5.92. The van der Waals surface area contributed by atoms with Gasteiger partial charge in [-0.2, -0.15) is 0 Å². The molecular weight excluding hydrogens is 896 g/mol. The number of ether oxygens (including phenoxy) is 4. The molecule has 2 saturated carbocycles. The molecule has 2 fully saturated rings. The molecular formula is C54H63FN6O9. The van der Waals surface area contributed by atoms with Crippen LogP contribution in [0.15, 0.2) is 119 Å². The second-order valence-corrected chi connectivity index (χ2v) is 18.0. The molecule has 2 aliphatic carbocycles. The van der Waals surface area contributed by atoms with Crippen molar-refractivity contribution in [2.75, 3.05) is 26.7 Å². The van der Waals surface area contributed by atoms with E-state index in [-0.39, 0.29) is 29.1 Å². The van der Waals surface area contributed by atoms with Crippen molar-refractivity contribution in [3.05, 3.63) is 142 Å². The zero-order valence-corrected chi connectivity index (χ0v) is 40.2. The zero-order valence-electron chi connectivity index (χ0n) is 41.2. The van der Waals surface area contributed by atoms with Crippen LogP contribution in [0, 0.1) is 23.7 Å². The number of fused-ring (bicyclic) bond motifs is 2. The number of methoxy groups -OCH3 is 2. The van der Waals surface area contributed by atoms with Crippen LogP contribution in [0.1, 0.15) is 63.9 Å². The molecule has 0 atom stereocenters. The minimum absolute atomic E-state index is 0.00777. The molecule has 4 aromatic carbocycles. The van der Waals surface area contributed by atoms with Crippen LogP contribution >= 0.6 is 0 Å². The molecule has 9 rings (SSSR count). The lowest BCUT2D eigenvalue weighted by Crippen LogP contribution is -2.30. The Morgan fingerprint density at radius 2 is 1.03 bits per heavy atom. The summed E-state index contributed by atoms with van der Waals surface area (Å²) >= 11 is 0. The van der Waals surface area contributed by atoms with E-state index in [0.29, 0.717) is 56.7 Å². The number of carbonyl (C=O) groups is 2. The zero-order chi connectivity index (χ0) is 50.4. The van der Waals surface area contributed by atoms with Gasteiger partial charge in [0.2, 0.25) is 5.91 Å². The Labute approximate surface area is 407 Å². The van der Waals surface area contributed by atoms with Crippen LogP contribution in [0.25, 0.3) is 22.1 Å². The molecule has 3 aromatic heterocycles. The van der Waals surface area contributed by atoms with Crippen LogP contribution in [0.2, 0.25) is 0 Å². The summed E-state index contributed by atoms with van der Waals surface area (Å²) in [6.45, 7) is 2.09. The summed E-state index contributed by atoms with van der Waals surface area (Å²) in [4.78, 5) is 53.8. The molecule has 0 radical (unpaired) electrons. The van der Waals surface area contributed by atoms with Gasteiger partial charge in [0.1, 0.15) is 36.2 Å². The standard InChI is InChI=1S/C29H32N4O4.C24H28N2O5.CH3F/c1-32-26-12-11-25(37-19-21-5-9-24(36-2)10-6-21)17-27(26)33(29(32)35)18-20-3-7-22(8-4-20)28(34)31-23-13-15-30-16-14-23;1-25-21-12-11-20(31-15-17-5-9-19(30-2)10-6-17)13-22(21)26(24(25)29)14-16-3-7-18(8-4-16)23(27)28;1-2/h5-6,9-17,20,22H,3-4,7-8,18-19H2,1-2H3,(H,30,31,34);5-6,9-13,16,18H,3-4,7-8,14-15H2,1-2H3,(H,27,28);1H3/i;;1D. The molecule has 370 valence electrons. The number of pyridine rings is 1. The summed E-state index contributed by atoms with van der Waals surface area (Å²) in [5, 5.41) is 12.2. The Balaban J connectivity index is 0.000000201. The number of halogens is 1. The number of rotatable bonds is 15. The number of hydrogen-bond acceptors (Lipinski definition) is 9. The Morgan fingerprint density at radius 3 is 1.43 bits per heavy atom. The summed E-state index contributed by atoms with van der Waals surface area (Å²) in [5.74, 6) is 2.78. The lowest BCUT2D eigenvalue weighted by molar-refractivity contribution is -0.143. The minimum atomic E-state index is -1.00. The highest BCUT2D eigenvalue weighted by Gasteiger charge is 2.29. The number of aliphatic carboxylic acids is 1. The van der Waals surface area contributed by atoms with E-state index >= 15 is 0 Å². The summed E-state index contributed by atoms with van der Waals surface area (Å²) in [5.41, 5.74) is 6.22. The SMILES string of the molecule is COc1ccc(COc2ccc3c(c2)n(CC2CCC(C(=O)Nc4ccncc4)CC2)c(=O)n3C)cc1.COc1ccc(COc2ccc3c(c2)n(CC2CCC(C(=O)O)CC2)c(=O)n3C)cc1.[2H]CF. The first kappa shape index (κ1) is 49.1. The number of aryl methyl sites for hydroxylation is 2. The average Bonchev–Trinajstić information content (AvgIpc) is 3.77. The van der Waals surface area contributed by atoms with E-state index in [2.05, 4.69) is 10.3 Å². The van der Waals surface area contributed by atoms with Gasteiger partial charge in [-0.05, 0) is 135 Å². The number of alkyl halides is 1. The van der Waals surface area contributed by atoms with E-state index < -0.39 is 13.1 Å². The van der Waals surface area contributed by atoms with Crippen molar-refractivity contribution in [1.29, 1.82) is 0 Å². The van der Waals surface area contributed by atoms with Gasteiger partial charge in [0.05, 0.1) is 50.7 Å². The van der Waals surface area contributed by atoms with Crippen molar-refractivity contribution in [3.8, 4) is 23.0 Å². The predicted octanol–water partition coefficient (Wildman–Crippen LogP) is 9.17. The van der Waals surface area contributed by atoms with Gasteiger partial charge in [0, 0.05) is 63.3 Å². The van der Waals surface area contributed by atoms with Crippen LogP contribution in [0.4, 0.5) is 10.1 Å². The molecule has 2 aliphatic rings. The van der Waals surface area contributed by atoms with Gasteiger partial charge in [-0.15, -0.1) is 0 Å². The van der Waals surface area contributed by atoms with Crippen LogP contribution in [0.3, 0.4) is 0 Å². The number of carboxylic acid groups (broad SMARTS) is 1. The number of aromatic nitrogens is 5. The summed E-state index contributed by atoms with van der Waals surface area (Å²) in [7, 11) is 5.87. The first-order valence-corrected chi connectivity index (χ1v) is 23.6. The number of amides is 1. The van der Waals surface area contributed by atoms with Gasteiger partial charge in [0.15, 0.2) is 0 Å². The van der Waals surface area contributed by atoms with Crippen LogP contribution in [0.5, 0.6) is 23.0 Å². The lowest BCUT2D eigenvalue weighted by atomic mass is 9.81. The van der Waals surface area contributed by atoms with Gasteiger partial charge in [-0.1, -0.05) is 24.3 Å². The molecule has 15 nitrogen and oxygen atoms in total. The molecule has 0 aliphatic heterocycles. The third-order valence-electron chi connectivity index (χ3n) is 13.6. The third kappa shape index (κ3) is 12.3. The van der Waals surface area contributed by atoms with Crippen molar-refractivity contribution < 1.29 is 39.4 Å². The Morgan fingerprint density at radius 1 is 0.629 bits per heavy atom. The molecule has 7 aromatic rings. The van der Waals surface area contributed by atoms with Crippen LogP contribution < -0.4 is 35.6 Å². The first-order valence-electron chi connectivity index (χ1n) is 24.3. The monoisotopic (exact) mass is 959 g/mol. The molecule has 0 spiro atoms. The van der Waals surface area contributed by atoms with E-state index in [1.165, 1.54) is 0 Å². The number of carboxylic acids is 1. The van der Waals surface area contributed by atoms with Crippen molar-refractivity contribution in [2.24, 2.45) is 37.8 Å².